The molecule has 0 unspecified atom stereocenters. The van der Waals surface area contributed by atoms with Gasteiger partial charge < -0.3 is 20.1 Å². The molecule has 0 heterocycles. The van der Waals surface area contributed by atoms with Gasteiger partial charge in [0.25, 0.3) is 0 Å². The molecule has 0 aromatic rings. The smallest absolute Gasteiger partial charge is 0.0757 e. The molecule has 4 nitrogen and oxygen atoms in total. The van der Waals surface area contributed by atoms with Gasteiger partial charge in [-0.2, -0.15) is 0 Å². The third-order valence-electron chi connectivity index (χ3n) is 2.85. The number of aliphatic carboxylic acids is 1. The van der Waals surface area contributed by atoms with Crippen molar-refractivity contribution in [1.29, 1.82) is 0 Å². The number of carbonyl (C=O) groups excluding carboxylic acids is 1. The minimum absolute atomic E-state index is 0.389. The largest absolute Gasteiger partial charge is 0.549 e. The van der Waals surface area contributed by atoms with Crippen LogP contribution in [0.1, 0.15) is 27.7 Å². The van der Waals surface area contributed by atoms with Crippen molar-refractivity contribution in [3.05, 3.63) is 0 Å². The minimum atomic E-state index is -1.22. The van der Waals surface area contributed by atoms with Gasteiger partial charge in [-0.3, -0.25) is 0 Å². The molecular weight excluding hydrogens is 180 g/mol. The third kappa shape index (κ3) is 6.86. The van der Waals surface area contributed by atoms with E-state index in [0.717, 1.165) is 0 Å². The zero-order chi connectivity index (χ0) is 11.6. The van der Waals surface area contributed by atoms with Crippen LogP contribution in [0.4, 0.5) is 0 Å². The molecule has 0 spiro atoms. The summed E-state index contributed by atoms with van der Waals surface area (Å²) in [5.41, 5.74) is 4.51. The fourth-order valence-corrected chi connectivity index (χ4v) is 1.34. The van der Waals surface area contributed by atoms with Gasteiger partial charge in [0.2, 0.25) is 0 Å². The first kappa shape index (κ1) is 15.8. The summed E-state index contributed by atoms with van der Waals surface area (Å²) in [7, 11) is 0. The monoisotopic (exact) mass is 204 g/mol. The number of rotatable bonds is 5. The van der Waals surface area contributed by atoms with Crippen LogP contribution >= 0.6 is 0 Å². The van der Waals surface area contributed by atoms with Crippen LogP contribution in [-0.2, 0) is 4.79 Å². The van der Waals surface area contributed by atoms with Gasteiger partial charge in [0.05, 0.1) is 32.1 Å². The Bertz CT molecular complexity index is 128. The lowest BCUT2D eigenvalue weighted by Gasteiger charge is -2.34. The van der Waals surface area contributed by atoms with Crippen molar-refractivity contribution in [2.24, 2.45) is 5.73 Å². The predicted molar refractivity (Wildman–Crippen MR) is 56.5 cm³/mol. The number of carbonyl (C=O) groups is 1. The van der Waals surface area contributed by atoms with Crippen LogP contribution in [0.15, 0.2) is 0 Å². The average Bonchev–Trinajstić information content (AvgIpc) is 2.23. The maximum absolute atomic E-state index is 9.13. The Hall–Kier alpha value is -0.610. The molecule has 0 rings (SSSR count). The highest BCUT2D eigenvalue weighted by molar-refractivity contribution is 5.66. The van der Waals surface area contributed by atoms with E-state index in [2.05, 4.69) is 33.4 Å². The number of nitrogens with two attached hydrogens (primary N) is 1. The first-order valence-corrected chi connectivity index (χ1v) is 5.26. The Kier molecular flexibility index (Phi) is 10.1. The van der Waals surface area contributed by atoms with Gasteiger partial charge in [-0.25, -0.2) is 0 Å². The zero-order valence-electron chi connectivity index (χ0n) is 9.88. The molecule has 0 aromatic carbocycles. The molecule has 86 valence electrons. The summed E-state index contributed by atoms with van der Waals surface area (Å²) in [5, 5.41) is 9.13. The number of nitrogens with zero attached hydrogens (tertiary/aromatic N) is 1. The van der Waals surface area contributed by atoms with E-state index in [1.165, 1.54) is 30.7 Å². The van der Waals surface area contributed by atoms with Gasteiger partial charge in [-0.15, -0.1) is 0 Å². The second kappa shape index (κ2) is 8.97. The van der Waals surface area contributed by atoms with Crippen molar-refractivity contribution < 1.29 is 14.4 Å². The van der Waals surface area contributed by atoms with Crippen molar-refractivity contribution in [1.82, 2.24) is 0 Å². The number of carboxylic acid groups (broad SMARTS) is 1. The number of quaternary nitrogens is 1. The van der Waals surface area contributed by atoms with Crippen molar-refractivity contribution in [3.63, 3.8) is 0 Å². The summed E-state index contributed by atoms with van der Waals surface area (Å²) in [6.45, 7) is 13.8. The van der Waals surface area contributed by atoms with Gasteiger partial charge in [0.15, 0.2) is 0 Å². The molecule has 0 fully saturated rings. The highest BCUT2D eigenvalue weighted by Crippen LogP contribution is 2.03. The predicted octanol–water partition coefficient (Wildman–Crippen LogP) is -0.422. The van der Waals surface area contributed by atoms with Crippen LogP contribution in [-0.4, -0.2) is 43.2 Å². The summed E-state index contributed by atoms with van der Waals surface area (Å²) in [4.78, 5) is 9.13. The van der Waals surface area contributed by atoms with Crippen LogP contribution in [0, 0.1) is 0 Å². The Morgan fingerprint density at radius 1 is 1.07 bits per heavy atom. The molecule has 0 atom stereocenters. The molecule has 0 radical (unpaired) electrons. The number of hydrogen-bond acceptors (Lipinski definition) is 3. The van der Waals surface area contributed by atoms with Crippen molar-refractivity contribution >= 4 is 5.97 Å². The summed E-state index contributed by atoms with van der Waals surface area (Å²) in [6.07, 6.45) is 0. The highest BCUT2D eigenvalue weighted by Gasteiger charge is 2.16. The van der Waals surface area contributed by atoms with Gasteiger partial charge in [0, 0.05) is 6.54 Å². The summed E-state index contributed by atoms with van der Waals surface area (Å²) in [5.74, 6) is -1.22. The fourth-order valence-electron chi connectivity index (χ4n) is 1.34. The molecule has 0 aliphatic carbocycles. The van der Waals surface area contributed by atoms with Gasteiger partial charge >= 0.3 is 0 Å². The van der Waals surface area contributed by atoms with E-state index >= 15 is 0 Å². The van der Waals surface area contributed by atoms with Crippen LogP contribution in [0.3, 0.4) is 0 Å². The Morgan fingerprint density at radius 3 is 1.29 bits per heavy atom. The maximum atomic E-state index is 9.13. The molecule has 0 saturated heterocycles. The van der Waals surface area contributed by atoms with Crippen LogP contribution in [0.5, 0.6) is 0 Å². The first-order chi connectivity index (χ1) is 6.51. The molecule has 0 amide bonds. The average molecular weight is 204 g/mol. The van der Waals surface area contributed by atoms with Crippen molar-refractivity contribution in [2.75, 3.05) is 32.7 Å². The van der Waals surface area contributed by atoms with Crippen LogP contribution in [0.25, 0.3) is 0 Å². The molecule has 0 bridgehead atoms. The van der Waals surface area contributed by atoms with Gasteiger partial charge in [-0.1, -0.05) is 0 Å². The Labute approximate surface area is 87.3 Å². The van der Waals surface area contributed by atoms with E-state index < -0.39 is 5.97 Å². The topological polar surface area (TPSA) is 66.2 Å². The standard InChI is InChI=1S/C8H20N.C2H5NO2/c1-5-9(6-2,7-3)8-4;3-1-2(4)5/h5-8H2,1-4H3;1,3H2,(H,4,5)/q+1;/p-1. The van der Waals surface area contributed by atoms with Crippen molar-refractivity contribution in [2.45, 2.75) is 27.7 Å². The van der Waals surface area contributed by atoms with E-state index in [-0.39, 0.29) is 6.54 Å². The molecule has 4 heteroatoms. The van der Waals surface area contributed by atoms with Crippen molar-refractivity contribution in [3.8, 4) is 0 Å². The number of hydrogen-bond donors (Lipinski definition) is 1. The summed E-state index contributed by atoms with van der Waals surface area (Å²) in [6, 6.07) is 0. The minimum Gasteiger partial charge on any atom is -0.549 e. The highest BCUT2D eigenvalue weighted by atomic mass is 16.4. The first-order valence-electron chi connectivity index (χ1n) is 5.26. The van der Waals surface area contributed by atoms with E-state index in [4.69, 9.17) is 9.90 Å². The summed E-state index contributed by atoms with van der Waals surface area (Å²) < 4.78 is 1.28. The molecule has 0 saturated carbocycles. The SMILES string of the molecule is CC[N+](CC)(CC)CC.NCC(=O)[O-]. The molecule has 0 aliphatic heterocycles. The molecular formula is C10H24N2O2. The lowest BCUT2D eigenvalue weighted by molar-refractivity contribution is -0.921. The van der Waals surface area contributed by atoms with E-state index in [0.29, 0.717) is 0 Å². The molecule has 0 aromatic heterocycles. The van der Waals surface area contributed by atoms with Crippen LogP contribution in [0.2, 0.25) is 0 Å². The zero-order valence-corrected chi connectivity index (χ0v) is 9.88. The maximum Gasteiger partial charge on any atom is 0.0757 e. The summed E-state index contributed by atoms with van der Waals surface area (Å²) >= 11 is 0. The second-order valence-electron chi connectivity index (χ2n) is 3.18. The van der Waals surface area contributed by atoms with Gasteiger partial charge in [0.1, 0.15) is 0 Å². The fraction of sp³-hybridized carbons (Fsp3) is 0.900. The number of carboxylic acids is 1. The Morgan fingerprint density at radius 2 is 1.29 bits per heavy atom. The van der Waals surface area contributed by atoms with Gasteiger partial charge in [-0.05, 0) is 27.7 Å². The quantitative estimate of drug-likeness (QED) is 0.618. The lowest BCUT2D eigenvalue weighted by atomic mass is 10.3. The Balaban J connectivity index is 0. The van der Waals surface area contributed by atoms with E-state index in [9.17, 15) is 0 Å². The normalized spacial score (nSPS) is 10.4. The van der Waals surface area contributed by atoms with E-state index in [1.807, 2.05) is 0 Å². The molecule has 14 heavy (non-hydrogen) atoms. The molecule has 0 aliphatic rings. The van der Waals surface area contributed by atoms with E-state index in [1.54, 1.807) is 0 Å². The molecule has 2 N–H and O–H groups in total. The third-order valence-corrected chi connectivity index (χ3v) is 2.85. The second-order valence-corrected chi connectivity index (χ2v) is 3.18. The van der Waals surface area contributed by atoms with Crippen LogP contribution < -0.4 is 10.8 Å². The lowest BCUT2D eigenvalue weighted by Crippen LogP contribution is -2.47.